The van der Waals surface area contributed by atoms with Gasteiger partial charge in [0.15, 0.2) is 0 Å². The number of hydrogen-bond donors (Lipinski definition) is 2. The highest BCUT2D eigenvalue weighted by Crippen LogP contribution is 2.39. The fraction of sp³-hybridized carbons (Fsp3) is 0.500. The summed E-state index contributed by atoms with van der Waals surface area (Å²) in [6.07, 6.45) is 3.91. The first-order chi connectivity index (χ1) is 8.59. The van der Waals surface area contributed by atoms with Gasteiger partial charge in [-0.15, -0.1) is 0 Å². The lowest BCUT2D eigenvalue weighted by molar-refractivity contribution is -0.127. The molecule has 4 heteroatoms. The summed E-state index contributed by atoms with van der Waals surface area (Å²) in [7, 11) is 1.77. The molecule has 1 fully saturated rings. The largest absolute Gasteiger partial charge is 0.508 e. The van der Waals surface area contributed by atoms with E-state index in [1.807, 2.05) is 0 Å². The van der Waals surface area contributed by atoms with Gasteiger partial charge >= 0.3 is 0 Å². The Morgan fingerprint density at radius 2 is 1.89 bits per heavy atom. The van der Waals surface area contributed by atoms with Crippen molar-refractivity contribution in [2.45, 2.75) is 25.7 Å². The van der Waals surface area contributed by atoms with Crippen molar-refractivity contribution in [1.29, 1.82) is 0 Å². The molecule has 4 nitrogen and oxygen atoms in total. The number of nitrogens with zero attached hydrogens (tertiary/aromatic N) is 1. The van der Waals surface area contributed by atoms with Gasteiger partial charge in [0.1, 0.15) is 5.75 Å². The van der Waals surface area contributed by atoms with Crippen molar-refractivity contribution in [3.8, 4) is 5.75 Å². The van der Waals surface area contributed by atoms with E-state index in [0.717, 1.165) is 31.4 Å². The molecule has 1 aromatic rings. The summed E-state index contributed by atoms with van der Waals surface area (Å²) in [6.45, 7) is 0.411. The molecule has 1 aromatic carbocycles. The molecule has 0 heterocycles. The lowest BCUT2D eigenvalue weighted by Gasteiger charge is -2.31. The average Bonchev–Trinajstić information content (AvgIpc) is 2.88. The molecule has 0 saturated heterocycles. The van der Waals surface area contributed by atoms with E-state index in [9.17, 15) is 9.90 Å². The smallest absolute Gasteiger partial charge is 0.234 e. The SMILES string of the molecule is CN(C(=O)C1(CN)CCCC1)c1ccc(O)cc1. The lowest BCUT2D eigenvalue weighted by atomic mass is 9.84. The Morgan fingerprint density at radius 1 is 1.33 bits per heavy atom. The number of anilines is 1. The van der Waals surface area contributed by atoms with Crippen molar-refractivity contribution in [3.63, 3.8) is 0 Å². The molecule has 3 N–H and O–H groups in total. The van der Waals surface area contributed by atoms with Crippen LogP contribution in [0.25, 0.3) is 0 Å². The maximum Gasteiger partial charge on any atom is 0.234 e. The van der Waals surface area contributed by atoms with Crippen LogP contribution in [0.5, 0.6) is 5.75 Å². The number of carbonyl (C=O) groups excluding carboxylic acids is 1. The molecule has 1 aliphatic carbocycles. The standard InChI is InChI=1S/C14H20N2O2/c1-16(11-4-6-12(17)7-5-11)13(18)14(10-15)8-2-3-9-14/h4-7,17H,2-3,8-10,15H2,1H3. The molecular formula is C14H20N2O2. The van der Waals surface area contributed by atoms with Crippen LogP contribution in [-0.2, 0) is 4.79 Å². The molecule has 0 aliphatic heterocycles. The summed E-state index contributed by atoms with van der Waals surface area (Å²) < 4.78 is 0. The molecule has 1 saturated carbocycles. The molecule has 1 aliphatic rings. The first-order valence-corrected chi connectivity index (χ1v) is 6.36. The minimum absolute atomic E-state index is 0.0909. The van der Waals surface area contributed by atoms with Gasteiger partial charge in [-0.25, -0.2) is 0 Å². The van der Waals surface area contributed by atoms with Crippen LogP contribution in [0.15, 0.2) is 24.3 Å². The highest BCUT2D eigenvalue weighted by Gasteiger charge is 2.41. The van der Waals surface area contributed by atoms with E-state index in [4.69, 9.17) is 5.73 Å². The van der Waals surface area contributed by atoms with Gasteiger partial charge in [0.2, 0.25) is 5.91 Å². The van der Waals surface area contributed by atoms with Gasteiger partial charge in [-0.3, -0.25) is 4.79 Å². The van der Waals surface area contributed by atoms with Gasteiger partial charge in [0, 0.05) is 19.3 Å². The third-order valence-electron chi connectivity index (χ3n) is 3.95. The number of nitrogens with two attached hydrogens (primary N) is 1. The molecule has 0 radical (unpaired) electrons. The quantitative estimate of drug-likeness (QED) is 0.858. The Balaban J connectivity index is 2.20. The number of benzene rings is 1. The Morgan fingerprint density at radius 3 is 2.39 bits per heavy atom. The number of amides is 1. The van der Waals surface area contributed by atoms with Gasteiger partial charge in [-0.2, -0.15) is 0 Å². The highest BCUT2D eigenvalue weighted by molar-refractivity contribution is 5.97. The average molecular weight is 248 g/mol. The van der Waals surface area contributed by atoms with Gasteiger partial charge in [0.05, 0.1) is 5.41 Å². The zero-order valence-electron chi connectivity index (χ0n) is 10.7. The molecule has 1 amide bonds. The Hall–Kier alpha value is -1.55. The third kappa shape index (κ3) is 2.20. The van der Waals surface area contributed by atoms with Crippen molar-refractivity contribution in [2.24, 2.45) is 11.1 Å². The molecule has 98 valence electrons. The summed E-state index contributed by atoms with van der Waals surface area (Å²) in [5, 5.41) is 9.26. The first-order valence-electron chi connectivity index (χ1n) is 6.36. The van der Waals surface area contributed by atoms with E-state index in [1.54, 1.807) is 36.2 Å². The summed E-state index contributed by atoms with van der Waals surface area (Å²) in [5.74, 6) is 0.294. The number of phenols is 1. The van der Waals surface area contributed by atoms with E-state index < -0.39 is 0 Å². The van der Waals surface area contributed by atoms with Crippen molar-refractivity contribution >= 4 is 11.6 Å². The normalized spacial score (nSPS) is 17.7. The Bertz CT molecular complexity index is 422. The summed E-state index contributed by atoms with van der Waals surface area (Å²) >= 11 is 0. The van der Waals surface area contributed by atoms with Crippen molar-refractivity contribution in [1.82, 2.24) is 0 Å². The minimum Gasteiger partial charge on any atom is -0.508 e. The fourth-order valence-electron chi connectivity index (χ4n) is 2.71. The van der Waals surface area contributed by atoms with E-state index in [-0.39, 0.29) is 17.1 Å². The monoisotopic (exact) mass is 248 g/mol. The van der Waals surface area contributed by atoms with Crippen LogP contribution in [0.4, 0.5) is 5.69 Å². The highest BCUT2D eigenvalue weighted by atomic mass is 16.3. The van der Waals surface area contributed by atoms with E-state index >= 15 is 0 Å². The molecule has 2 rings (SSSR count). The molecule has 0 aromatic heterocycles. The zero-order chi connectivity index (χ0) is 13.2. The first kappa shape index (κ1) is 12.9. The molecule has 0 unspecified atom stereocenters. The second-order valence-corrected chi connectivity index (χ2v) is 5.07. The molecule has 18 heavy (non-hydrogen) atoms. The van der Waals surface area contributed by atoms with Crippen molar-refractivity contribution in [2.75, 3.05) is 18.5 Å². The topological polar surface area (TPSA) is 66.6 Å². The van der Waals surface area contributed by atoms with Gasteiger partial charge in [-0.1, -0.05) is 12.8 Å². The van der Waals surface area contributed by atoms with Gasteiger partial charge < -0.3 is 15.7 Å². The lowest BCUT2D eigenvalue weighted by Crippen LogP contribution is -2.45. The molecule has 0 spiro atoms. The number of carbonyl (C=O) groups is 1. The summed E-state index contributed by atoms with van der Waals surface area (Å²) in [4.78, 5) is 14.2. The summed E-state index contributed by atoms with van der Waals surface area (Å²) in [6, 6.07) is 6.66. The molecule has 0 atom stereocenters. The molecule has 0 bridgehead atoms. The zero-order valence-corrected chi connectivity index (χ0v) is 10.7. The second kappa shape index (κ2) is 4.98. The maximum absolute atomic E-state index is 12.6. The van der Waals surface area contributed by atoms with Crippen LogP contribution in [0.3, 0.4) is 0 Å². The second-order valence-electron chi connectivity index (χ2n) is 5.07. The number of phenolic OH excluding ortho intramolecular Hbond substituents is 1. The number of aromatic hydroxyl groups is 1. The van der Waals surface area contributed by atoms with Crippen molar-refractivity contribution < 1.29 is 9.90 Å². The Labute approximate surface area is 107 Å². The Kier molecular flexibility index (Phi) is 3.57. The van der Waals surface area contributed by atoms with E-state index in [0.29, 0.717) is 6.54 Å². The fourth-order valence-corrected chi connectivity index (χ4v) is 2.71. The van der Waals surface area contributed by atoms with Crippen LogP contribution >= 0.6 is 0 Å². The van der Waals surface area contributed by atoms with Crippen LogP contribution < -0.4 is 10.6 Å². The van der Waals surface area contributed by atoms with Gasteiger partial charge in [-0.05, 0) is 37.1 Å². The van der Waals surface area contributed by atoms with Crippen molar-refractivity contribution in [3.05, 3.63) is 24.3 Å². The number of rotatable bonds is 3. The van der Waals surface area contributed by atoms with E-state index in [1.165, 1.54) is 0 Å². The van der Waals surface area contributed by atoms with Crippen LogP contribution in [0, 0.1) is 5.41 Å². The van der Waals surface area contributed by atoms with Gasteiger partial charge in [0.25, 0.3) is 0 Å². The summed E-state index contributed by atoms with van der Waals surface area (Å²) in [5.41, 5.74) is 6.23. The van der Waals surface area contributed by atoms with Crippen LogP contribution in [0.1, 0.15) is 25.7 Å². The predicted octanol–water partition coefficient (Wildman–Crippen LogP) is 1.87. The number of hydrogen-bond acceptors (Lipinski definition) is 3. The predicted molar refractivity (Wildman–Crippen MR) is 71.5 cm³/mol. The van der Waals surface area contributed by atoms with Crippen LogP contribution in [0.2, 0.25) is 0 Å². The maximum atomic E-state index is 12.6. The molecular weight excluding hydrogens is 228 g/mol. The van der Waals surface area contributed by atoms with E-state index in [2.05, 4.69) is 0 Å². The third-order valence-corrected chi connectivity index (χ3v) is 3.95. The minimum atomic E-state index is -0.382. The van der Waals surface area contributed by atoms with Crippen LogP contribution in [-0.4, -0.2) is 24.6 Å².